The maximum atomic E-state index is 13.0. The van der Waals surface area contributed by atoms with Crippen LogP contribution in [-0.4, -0.2) is 77.3 Å². The van der Waals surface area contributed by atoms with Crippen molar-refractivity contribution in [3.8, 4) is 11.5 Å². The van der Waals surface area contributed by atoms with Crippen molar-refractivity contribution in [2.45, 2.75) is 63.1 Å². The van der Waals surface area contributed by atoms with Crippen molar-refractivity contribution in [2.75, 3.05) is 26.7 Å². The number of hydrogen-bond acceptors (Lipinski definition) is 8. The largest absolute Gasteiger partial charge is 0.507 e. The number of nitrogens with zero attached hydrogens (tertiary/aromatic N) is 1. The number of aromatic hydroxyl groups is 1. The van der Waals surface area contributed by atoms with Crippen LogP contribution >= 0.6 is 0 Å². The third-order valence-electron chi connectivity index (χ3n) is 6.75. The van der Waals surface area contributed by atoms with Crippen molar-refractivity contribution in [3.05, 3.63) is 47.6 Å². The van der Waals surface area contributed by atoms with Crippen LogP contribution in [0.25, 0.3) is 0 Å². The molecule has 2 saturated heterocycles. The summed E-state index contributed by atoms with van der Waals surface area (Å²) < 4.78 is 17.4. The summed E-state index contributed by atoms with van der Waals surface area (Å²) in [5, 5.41) is 31.6. The number of rotatable bonds is 3. The smallest absolute Gasteiger partial charge is 0.342 e. The molecule has 0 radical (unpaired) electrons. The number of ether oxygens (including phenoxy) is 3. The van der Waals surface area contributed by atoms with Gasteiger partial charge in [-0.15, -0.1) is 0 Å². The number of fused-ring (bicyclic) bond motifs is 3. The Morgan fingerprint density at radius 1 is 1.29 bits per heavy atom. The molecular formula is C26H35NO7. The Morgan fingerprint density at radius 2 is 2.09 bits per heavy atom. The number of piperidine rings is 1. The van der Waals surface area contributed by atoms with Gasteiger partial charge in [0.25, 0.3) is 0 Å². The van der Waals surface area contributed by atoms with Gasteiger partial charge in [-0.2, -0.15) is 0 Å². The van der Waals surface area contributed by atoms with E-state index in [1.165, 1.54) is 6.07 Å². The summed E-state index contributed by atoms with van der Waals surface area (Å²) in [6, 6.07) is 3.16. The molecule has 3 aliphatic rings. The number of aliphatic hydroxyl groups is 2. The highest BCUT2D eigenvalue weighted by molar-refractivity contribution is 5.95. The molecule has 0 aromatic heterocycles. The van der Waals surface area contributed by atoms with Gasteiger partial charge in [0.2, 0.25) is 0 Å². The Balaban J connectivity index is 1.58. The molecule has 3 N–H and O–H groups in total. The predicted molar refractivity (Wildman–Crippen MR) is 126 cm³/mol. The minimum atomic E-state index is -1.13. The summed E-state index contributed by atoms with van der Waals surface area (Å²) in [4.78, 5) is 15.3. The summed E-state index contributed by atoms with van der Waals surface area (Å²) in [7, 11) is 2.09. The van der Waals surface area contributed by atoms with Crippen LogP contribution in [0.1, 0.15) is 54.6 Å². The Kier molecular flexibility index (Phi) is 7.62. The standard InChI is InChI=1S/C26H35NO7/c1-15-6-4-7-16(2)33-26(31)23-19(25-22(34-25)12-21(29)24(15)30)10-18(11-20(23)28)32-14-17-8-5-9-27(3)13-17/h4,6,10-11,16-17,21-22,24-25,28-30H,1,5,7-9,12-14H2,2-3H3/b6-4-/t16-,17?,21-,22+,24+,25+/m0/s1. The summed E-state index contributed by atoms with van der Waals surface area (Å²) in [6.45, 7) is 8.11. The molecule has 0 amide bonds. The molecular weight excluding hydrogens is 438 g/mol. The number of aliphatic hydroxyl groups excluding tert-OH is 2. The third kappa shape index (κ3) is 5.81. The molecule has 0 bridgehead atoms. The normalized spacial score (nSPS) is 33.8. The highest BCUT2D eigenvalue weighted by Crippen LogP contribution is 2.46. The molecule has 8 nitrogen and oxygen atoms in total. The van der Waals surface area contributed by atoms with Crippen LogP contribution in [0.5, 0.6) is 11.5 Å². The zero-order valence-corrected chi connectivity index (χ0v) is 19.9. The summed E-state index contributed by atoms with van der Waals surface area (Å²) in [5.74, 6) is -0.0171. The average molecular weight is 474 g/mol. The lowest BCUT2D eigenvalue weighted by Gasteiger charge is -2.29. The highest BCUT2D eigenvalue weighted by Gasteiger charge is 2.45. The first-order chi connectivity index (χ1) is 16.2. The molecule has 0 saturated carbocycles. The first-order valence-corrected chi connectivity index (χ1v) is 12.0. The van der Waals surface area contributed by atoms with E-state index in [9.17, 15) is 20.1 Å². The topological polar surface area (TPSA) is 112 Å². The first-order valence-electron chi connectivity index (χ1n) is 12.0. The van der Waals surface area contributed by atoms with E-state index in [-0.39, 0.29) is 17.7 Å². The molecule has 2 fully saturated rings. The van der Waals surface area contributed by atoms with Crippen LogP contribution in [0.3, 0.4) is 0 Å². The van der Waals surface area contributed by atoms with Crippen LogP contribution in [0.4, 0.5) is 0 Å². The van der Waals surface area contributed by atoms with Crippen molar-refractivity contribution >= 4 is 5.97 Å². The van der Waals surface area contributed by atoms with E-state index < -0.39 is 36.5 Å². The second-order valence-electron chi connectivity index (χ2n) is 9.76. The SMILES string of the molecule is C=C1/C=C\C[C@H](C)OC(=O)c2c(O)cc(OCC3CCCN(C)C3)cc2[C@H]2O[C@@H]2C[C@H](O)[C@@H]1O. The molecule has 6 atom stereocenters. The molecule has 34 heavy (non-hydrogen) atoms. The third-order valence-corrected chi connectivity index (χ3v) is 6.75. The molecule has 3 heterocycles. The fourth-order valence-corrected chi connectivity index (χ4v) is 4.78. The Hall–Kier alpha value is -2.39. The van der Waals surface area contributed by atoms with E-state index in [1.807, 2.05) is 0 Å². The van der Waals surface area contributed by atoms with Gasteiger partial charge in [0, 0.05) is 36.9 Å². The van der Waals surface area contributed by atoms with E-state index in [0.717, 1.165) is 25.9 Å². The number of epoxide rings is 1. The molecule has 0 aliphatic carbocycles. The maximum Gasteiger partial charge on any atom is 0.342 e. The summed E-state index contributed by atoms with van der Waals surface area (Å²) >= 11 is 0. The monoisotopic (exact) mass is 473 g/mol. The van der Waals surface area contributed by atoms with Gasteiger partial charge in [-0.3, -0.25) is 0 Å². The Morgan fingerprint density at radius 3 is 2.85 bits per heavy atom. The van der Waals surface area contributed by atoms with Crippen LogP contribution < -0.4 is 4.74 Å². The summed E-state index contributed by atoms with van der Waals surface area (Å²) in [5.41, 5.74) is 0.887. The van der Waals surface area contributed by atoms with Crippen molar-refractivity contribution in [2.24, 2.45) is 5.92 Å². The number of phenolic OH excluding ortho intramolecular Hbond substituents is 1. The number of phenols is 1. The zero-order chi connectivity index (χ0) is 24.4. The number of hydrogen-bond donors (Lipinski definition) is 3. The van der Waals surface area contributed by atoms with Crippen LogP contribution in [0.15, 0.2) is 36.4 Å². The molecule has 186 valence electrons. The van der Waals surface area contributed by atoms with E-state index in [2.05, 4.69) is 18.5 Å². The highest BCUT2D eigenvalue weighted by atomic mass is 16.6. The first kappa shape index (κ1) is 24.7. The van der Waals surface area contributed by atoms with Crippen molar-refractivity contribution in [3.63, 3.8) is 0 Å². The van der Waals surface area contributed by atoms with Crippen molar-refractivity contribution < 1.29 is 34.3 Å². The average Bonchev–Trinajstić information content (AvgIpc) is 3.54. The van der Waals surface area contributed by atoms with E-state index in [1.54, 1.807) is 25.1 Å². The van der Waals surface area contributed by atoms with Gasteiger partial charge >= 0.3 is 5.97 Å². The molecule has 8 heteroatoms. The lowest BCUT2D eigenvalue weighted by Crippen LogP contribution is -2.34. The van der Waals surface area contributed by atoms with E-state index in [4.69, 9.17) is 14.2 Å². The number of cyclic esters (lactones) is 1. The van der Waals surface area contributed by atoms with Gasteiger partial charge in [-0.1, -0.05) is 18.7 Å². The maximum absolute atomic E-state index is 13.0. The number of carbonyl (C=O) groups is 1. The molecule has 3 aliphatic heterocycles. The second kappa shape index (κ2) is 10.5. The van der Waals surface area contributed by atoms with Gasteiger partial charge in [-0.05, 0) is 45.0 Å². The van der Waals surface area contributed by atoms with Gasteiger partial charge in [0.15, 0.2) is 0 Å². The minimum Gasteiger partial charge on any atom is -0.507 e. The second-order valence-corrected chi connectivity index (χ2v) is 9.76. The van der Waals surface area contributed by atoms with Gasteiger partial charge in [0.1, 0.15) is 35.4 Å². The number of benzene rings is 1. The molecule has 1 aromatic rings. The zero-order valence-electron chi connectivity index (χ0n) is 19.9. The fourth-order valence-electron chi connectivity index (χ4n) is 4.78. The summed E-state index contributed by atoms with van der Waals surface area (Å²) in [6.07, 6.45) is 2.49. The number of esters is 1. The van der Waals surface area contributed by atoms with Crippen LogP contribution in [0.2, 0.25) is 0 Å². The Labute approximate surface area is 200 Å². The van der Waals surface area contributed by atoms with Crippen molar-refractivity contribution in [1.82, 2.24) is 4.90 Å². The predicted octanol–water partition coefficient (Wildman–Crippen LogP) is 2.73. The lowest BCUT2D eigenvalue weighted by molar-refractivity contribution is 0.0332. The Bertz CT molecular complexity index is 945. The van der Waals surface area contributed by atoms with Gasteiger partial charge in [-0.25, -0.2) is 4.79 Å². The fraction of sp³-hybridized carbons (Fsp3) is 0.577. The quantitative estimate of drug-likeness (QED) is 0.454. The van der Waals surface area contributed by atoms with Crippen LogP contribution in [-0.2, 0) is 9.47 Å². The van der Waals surface area contributed by atoms with E-state index in [0.29, 0.717) is 35.8 Å². The van der Waals surface area contributed by atoms with E-state index >= 15 is 0 Å². The van der Waals surface area contributed by atoms with Crippen molar-refractivity contribution in [1.29, 1.82) is 0 Å². The molecule has 1 unspecified atom stereocenters. The van der Waals surface area contributed by atoms with Gasteiger partial charge < -0.3 is 34.4 Å². The number of carbonyl (C=O) groups excluding carboxylic acids is 1. The van der Waals surface area contributed by atoms with Crippen LogP contribution in [0, 0.1) is 5.92 Å². The molecule has 4 rings (SSSR count). The van der Waals surface area contributed by atoms with Gasteiger partial charge in [0.05, 0.1) is 18.8 Å². The number of likely N-dealkylation sites (tertiary alicyclic amines) is 1. The minimum absolute atomic E-state index is 0.0459. The lowest BCUT2D eigenvalue weighted by atomic mass is 9.96. The molecule has 0 spiro atoms. The molecule has 1 aromatic carbocycles.